The van der Waals surface area contributed by atoms with Crippen LogP contribution in [-0.4, -0.2) is 36.2 Å². The Kier molecular flexibility index (Phi) is 7.46. The molecule has 2 saturated heterocycles. The van der Waals surface area contributed by atoms with E-state index < -0.39 is 46.8 Å². The number of benzene rings is 2. The summed E-state index contributed by atoms with van der Waals surface area (Å²) in [6, 6.07) is 12.4. The van der Waals surface area contributed by atoms with E-state index in [1.807, 2.05) is 0 Å². The average molecular weight is 551 g/mol. The number of nitrogens with one attached hydrogen (secondary N) is 1. The zero-order valence-corrected chi connectivity index (χ0v) is 20.6. The molecule has 3 atom stereocenters. The Morgan fingerprint density at radius 2 is 1.69 bits per heavy atom. The highest BCUT2D eigenvalue weighted by Crippen LogP contribution is 2.39. The minimum Gasteiger partial charge on any atom is -0.447 e. The van der Waals surface area contributed by atoms with Crippen LogP contribution in [0.2, 0.25) is 0 Å². The van der Waals surface area contributed by atoms with Crippen molar-refractivity contribution in [1.29, 1.82) is 5.26 Å². The Labute approximate surface area is 220 Å². The lowest BCUT2D eigenvalue weighted by molar-refractivity contribution is -0.143. The van der Waals surface area contributed by atoms with E-state index in [9.17, 15) is 36.4 Å². The quantitative estimate of drug-likeness (QED) is 0.387. The maximum Gasteiger partial charge on any atom is 0.416 e. The number of nitrogens with zero attached hydrogens (tertiary/aromatic N) is 2. The van der Waals surface area contributed by atoms with Gasteiger partial charge in [0.15, 0.2) is 0 Å². The molecule has 2 aliphatic rings. The van der Waals surface area contributed by atoms with Gasteiger partial charge in [-0.1, -0.05) is 30.3 Å². The van der Waals surface area contributed by atoms with E-state index in [1.165, 1.54) is 11.8 Å². The van der Waals surface area contributed by atoms with Crippen LogP contribution in [0.1, 0.15) is 48.1 Å². The Morgan fingerprint density at radius 3 is 2.18 bits per heavy atom. The number of carbonyl (C=O) groups excluding carboxylic acids is 1. The zero-order chi connectivity index (χ0) is 28.5. The van der Waals surface area contributed by atoms with Crippen molar-refractivity contribution < 1.29 is 40.6 Å². The molecule has 2 fully saturated rings. The molecule has 0 unspecified atom stereocenters. The van der Waals surface area contributed by atoms with Gasteiger partial charge in [-0.3, -0.25) is 10.2 Å². The number of alkyl halides is 6. The smallest absolute Gasteiger partial charge is 0.416 e. The van der Waals surface area contributed by atoms with Crippen LogP contribution in [-0.2, 0) is 27.4 Å². The molecule has 206 valence electrons. The molecule has 6 nitrogen and oxygen atoms in total. The van der Waals surface area contributed by atoms with Crippen molar-refractivity contribution in [2.45, 2.75) is 49.3 Å². The average Bonchev–Trinajstić information content (AvgIpc) is 3.34. The van der Waals surface area contributed by atoms with E-state index in [4.69, 9.17) is 9.47 Å². The first-order valence-corrected chi connectivity index (χ1v) is 11.9. The van der Waals surface area contributed by atoms with Crippen LogP contribution in [0.4, 0.5) is 31.1 Å². The van der Waals surface area contributed by atoms with Gasteiger partial charge < -0.3 is 9.47 Å². The van der Waals surface area contributed by atoms with Gasteiger partial charge in [0.25, 0.3) is 0 Å². The number of rotatable bonds is 4. The number of carbonyl (C=O) groups is 1. The number of hydrogen-bond acceptors (Lipinski definition) is 5. The lowest BCUT2D eigenvalue weighted by atomic mass is 9.76. The first-order valence-electron chi connectivity index (χ1n) is 11.9. The molecule has 0 bridgehead atoms. The van der Waals surface area contributed by atoms with Crippen molar-refractivity contribution in [3.8, 4) is 18.1 Å². The standard InChI is InChI=1S/C27H23F6N3O3/c1-18(19-13-21(26(28,29)30)15-22(14-19)27(31,32)33)38-11-9-25(20-5-3-2-4-6-20)8-7-24(16-34,17-35-25)36-10-12-39-23(36)37/h2-6,13-15,18,35H,7-8,10,12,17H2,1H3/t18-,24-,25-/m1/s1. The van der Waals surface area contributed by atoms with E-state index in [0.29, 0.717) is 17.7 Å². The molecule has 0 radical (unpaired) electrons. The summed E-state index contributed by atoms with van der Waals surface area (Å²) in [5.41, 5.74) is -4.75. The van der Waals surface area contributed by atoms with E-state index in [1.54, 1.807) is 30.3 Å². The lowest BCUT2D eigenvalue weighted by Crippen LogP contribution is -2.62. The SMILES string of the molecule is C[C@@H](OC#C[C@@]1(c2ccccc2)CC[C@](C#N)(N2CCOC2=O)CN1)c1cc(C(F)(F)F)cc(C(F)(F)F)c1. The fraction of sp³-hybridized carbons (Fsp3) is 0.407. The van der Waals surface area contributed by atoms with E-state index in [-0.39, 0.29) is 44.2 Å². The normalized spacial score (nSPS) is 24.3. The molecule has 39 heavy (non-hydrogen) atoms. The molecule has 0 aromatic heterocycles. The van der Waals surface area contributed by atoms with Gasteiger partial charge in [-0.15, -0.1) is 0 Å². The number of piperidine rings is 1. The fourth-order valence-electron chi connectivity index (χ4n) is 4.67. The van der Waals surface area contributed by atoms with Crippen molar-refractivity contribution >= 4 is 6.09 Å². The third-order valence-electron chi connectivity index (χ3n) is 6.93. The van der Waals surface area contributed by atoms with Gasteiger partial charge in [0, 0.05) is 6.54 Å². The summed E-state index contributed by atoms with van der Waals surface area (Å²) >= 11 is 0. The molecular weight excluding hydrogens is 528 g/mol. The Balaban J connectivity index is 1.61. The molecular formula is C27H23F6N3O3. The van der Waals surface area contributed by atoms with Crippen molar-refractivity contribution in [3.05, 3.63) is 70.8 Å². The molecule has 2 aromatic rings. The molecule has 1 N–H and O–H groups in total. The van der Waals surface area contributed by atoms with Crippen LogP contribution >= 0.6 is 0 Å². The predicted molar refractivity (Wildman–Crippen MR) is 125 cm³/mol. The van der Waals surface area contributed by atoms with Gasteiger partial charge in [-0.05, 0) is 55.0 Å². The first kappa shape index (κ1) is 28.1. The van der Waals surface area contributed by atoms with Gasteiger partial charge in [0.2, 0.25) is 0 Å². The second kappa shape index (κ2) is 10.3. The third kappa shape index (κ3) is 5.76. The summed E-state index contributed by atoms with van der Waals surface area (Å²) in [7, 11) is 0. The molecule has 2 aromatic carbocycles. The van der Waals surface area contributed by atoms with Gasteiger partial charge in [0.05, 0.1) is 23.7 Å². The van der Waals surface area contributed by atoms with Crippen molar-refractivity contribution in [1.82, 2.24) is 10.2 Å². The van der Waals surface area contributed by atoms with E-state index in [2.05, 4.69) is 23.4 Å². The predicted octanol–water partition coefficient (Wildman–Crippen LogP) is 5.76. The lowest BCUT2D eigenvalue weighted by Gasteiger charge is -2.44. The van der Waals surface area contributed by atoms with Crippen molar-refractivity contribution in [2.24, 2.45) is 0 Å². The van der Waals surface area contributed by atoms with Gasteiger partial charge >= 0.3 is 18.4 Å². The van der Waals surface area contributed by atoms with E-state index >= 15 is 0 Å². The molecule has 0 saturated carbocycles. The molecule has 0 spiro atoms. The summed E-state index contributed by atoms with van der Waals surface area (Å²) in [5.74, 6) is 2.93. The van der Waals surface area contributed by atoms with Gasteiger partial charge in [0.1, 0.15) is 29.9 Å². The van der Waals surface area contributed by atoms with Crippen LogP contribution in [0.15, 0.2) is 48.5 Å². The summed E-state index contributed by atoms with van der Waals surface area (Å²) in [6.07, 6.45) is -8.84. The van der Waals surface area contributed by atoms with Gasteiger partial charge in [-0.2, -0.15) is 31.6 Å². The van der Waals surface area contributed by atoms with E-state index in [0.717, 1.165) is 0 Å². The Bertz CT molecular complexity index is 1280. The van der Waals surface area contributed by atoms with Crippen molar-refractivity contribution in [3.63, 3.8) is 0 Å². The summed E-state index contributed by atoms with van der Waals surface area (Å²) < 4.78 is 90.0. The number of amides is 1. The monoisotopic (exact) mass is 551 g/mol. The summed E-state index contributed by atoms with van der Waals surface area (Å²) in [4.78, 5) is 13.5. The fourth-order valence-corrected chi connectivity index (χ4v) is 4.67. The number of hydrogen-bond donors (Lipinski definition) is 1. The summed E-state index contributed by atoms with van der Waals surface area (Å²) in [5, 5.41) is 13.2. The Morgan fingerprint density at radius 1 is 1.05 bits per heavy atom. The maximum absolute atomic E-state index is 13.3. The van der Waals surface area contributed by atoms with Crippen LogP contribution in [0.25, 0.3) is 0 Å². The second-order valence-electron chi connectivity index (χ2n) is 9.36. The molecule has 4 rings (SSSR count). The minimum absolute atomic E-state index is 0.0420. The summed E-state index contributed by atoms with van der Waals surface area (Å²) in [6.45, 7) is 1.77. The first-order chi connectivity index (χ1) is 18.3. The molecule has 0 aliphatic carbocycles. The van der Waals surface area contributed by atoms with Crippen LogP contribution in [0.3, 0.4) is 0 Å². The number of nitriles is 1. The molecule has 12 heteroatoms. The largest absolute Gasteiger partial charge is 0.447 e. The highest BCUT2D eigenvalue weighted by Gasteiger charge is 2.50. The number of halogens is 6. The zero-order valence-electron chi connectivity index (χ0n) is 20.6. The highest BCUT2D eigenvalue weighted by atomic mass is 19.4. The van der Waals surface area contributed by atoms with Crippen molar-refractivity contribution in [2.75, 3.05) is 19.7 Å². The molecule has 1 amide bonds. The highest BCUT2D eigenvalue weighted by molar-refractivity contribution is 5.71. The van der Waals surface area contributed by atoms with Gasteiger partial charge in [-0.25, -0.2) is 4.79 Å². The van der Waals surface area contributed by atoms with Crippen LogP contribution in [0, 0.1) is 23.4 Å². The van der Waals surface area contributed by atoms with Crippen LogP contribution in [0.5, 0.6) is 0 Å². The maximum atomic E-state index is 13.3. The number of cyclic esters (lactones) is 1. The Hall–Kier alpha value is -3.90. The molecule has 2 aliphatic heterocycles. The minimum atomic E-state index is -4.99. The van der Waals surface area contributed by atoms with Crippen LogP contribution < -0.4 is 5.32 Å². The second-order valence-corrected chi connectivity index (χ2v) is 9.36. The topological polar surface area (TPSA) is 74.6 Å². The number of ether oxygens (including phenoxy) is 2. The molecule has 2 heterocycles. The third-order valence-corrected chi connectivity index (χ3v) is 6.93.